The van der Waals surface area contributed by atoms with E-state index in [1.165, 1.54) is 6.42 Å². The van der Waals surface area contributed by atoms with Crippen molar-refractivity contribution in [2.75, 3.05) is 39.4 Å². The van der Waals surface area contributed by atoms with Crippen molar-refractivity contribution in [2.45, 2.75) is 32.4 Å². The maximum absolute atomic E-state index is 11.9. The number of hydrogen-bond donors (Lipinski definition) is 1. The Morgan fingerprint density at radius 3 is 2.89 bits per heavy atom. The van der Waals surface area contributed by atoms with Crippen LogP contribution in [0, 0.1) is 5.92 Å². The van der Waals surface area contributed by atoms with E-state index in [0.29, 0.717) is 25.1 Å². The van der Waals surface area contributed by atoms with Crippen molar-refractivity contribution in [3.63, 3.8) is 0 Å². The summed E-state index contributed by atoms with van der Waals surface area (Å²) < 4.78 is 5.26. The summed E-state index contributed by atoms with van der Waals surface area (Å²) in [6, 6.07) is 0.667. The number of likely N-dealkylation sites (tertiary alicyclic amines) is 1. The molecule has 0 spiro atoms. The molecule has 0 bridgehead atoms. The average Bonchev–Trinajstić information content (AvgIpc) is 2.80. The van der Waals surface area contributed by atoms with Crippen LogP contribution in [-0.4, -0.2) is 67.2 Å². The number of rotatable bonds is 4. The molecule has 2 aliphatic heterocycles. The van der Waals surface area contributed by atoms with E-state index in [2.05, 4.69) is 18.7 Å². The van der Waals surface area contributed by atoms with Gasteiger partial charge in [0.1, 0.15) is 6.61 Å². The van der Waals surface area contributed by atoms with Crippen LogP contribution < -0.4 is 5.73 Å². The van der Waals surface area contributed by atoms with Gasteiger partial charge in [-0.3, -0.25) is 4.79 Å². The molecule has 5 heteroatoms. The fourth-order valence-electron chi connectivity index (χ4n) is 2.86. The smallest absolute Gasteiger partial charge is 0.248 e. The van der Waals surface area contributed by atoms with E-state index in [1.54, 1.807) is 0 Å². The third-order valence-electron chi connectivity index (χ3n) is 4.07. The number of hydrogen-bond acceptors (Lipinski definition) is 4. The van der Waals surface area contributed by atoms with Gasteiger partial charge in [-0.05, 0) is 32.7 Å². The molecular formula is C13H25N3O2. The maximum atomic E-state index is 11.9. The maximum Gasteiger partial charge on any atom is 0.248 e. The highest BCUT2D eigenvalue weighted by Gasteiger charge is 2.32. The Morgan fingerprint density at radius 2 is 2.28 bits per heavy atom. The standard InChI is InChI=1S/C13H25N3O2/c1-10(2)15-4-3-11(6-15)7-16-12(5-14)8-18-9-13(16)17/h10-12H,3-9,14H2,1-2H3. The van der Waals surface area contributed by atoms with Gasteiger partial charge in [-0.1, -0.05) is 0 Å². The summed E-state index contributed by atoms with van der Waals surface area (Å²) in [7, 11) is 0. The molecule has 2 heterocycles. The van der Waals surface area contributed by atoms with Crippen molar-refractivity contribution in [1.29, 1.82) is 0 Å². The summed E-state index contributed by atoms with van der Waals surface area (Å²) in [6.07, 6.45) is 1.18. The molecule has 1 amide bonds. The van der Waals surface area contributed by atoms with Gasteiger partial charge in [0.25, 0.3) is 0 Å². The van der Waals surface area contributed by atoms with Gasteiger partial charge < -0.3 is 20.3 Å². The lowest BCUT2D eigenvalue weighted by Gasteiger charge is -2.36. The molecule has 104 valence electrons. The number of carbonyl (C=O) groups excluding carboxylic acids is 1. The zero-order valence-electron chi connectivity index (χ0n) is 11.5. The van der Waals surface area contributed by atoms with Crippen LogP contribution in [0.4, 0.5) is 0 Å². The van der Waals surface area contributed by atoms with E-state index in [1.807, 2.05) is 4.90 Å². The molecule has 0 aromatic carbocycles. The van der Waals surface area contributed by atoms with Gasteiger partial charge in [0, 0.05) is 25.7 Å². The monoisotopic (exact) mass is 255 g/mol. The van der Waals surface area contributed by atoms with Gasteiger partial charge in [0.05, 0.1) is 12.6 Å². The Hall–Kier alpha value is -0.650. The van der Waals surface area contributed by atoms with E-state index in [9.17, 15) is 4.79 Å². The summed E-state index contributed by atoms with van der Waals surface area (Å²) in [4.78, 5) is 16.3. The third-order valence-corrected chi connectivity index (χ3v) is 4.07. The van der Waals surface area contributed by atoms with Gasteiger partial charge in [-0.2, -0.15) is 0 Å². The minimum absolute atomic E-state index is 0.0688. The quantitative estimate of drug-likeness (QED) is 0.762. The summed E-state index contributed by atoms with van der Waals surface area (Å²) in [5.74, 6) is 0.684. The highest BCUT2D eigenvalue weighted by molar-refractivity contribution is 5.78. The molecule has 0 aromatic heterocycles. The largest absolute Gasteiger partial charge is 0.369 e. The zero-order chi connectivity index (χ0) is 13.1. The third kappa shape index (κ3) is 3.02. The van der Waals surface area contributed by atoms with E-state index in [-0.39, 0.29) is 18.6 Å². The molecule has 0 aliphatic carbocycles. The fraction of sp³-hybridized carbons (Fsp3) is 0.923. The van der Waals surface area contributed by atoms with Crippen molar-refractivity contribution in [1.82, 2.24) is 9.80 Å². The van der Waals surface area contributed by atoms with Gasteiger partial charge >= 0.3 is 0 Å². The van der Waals surface area contributed by atoms with Crippen LogP contribution in [0.5, 0.6) is 0 Å². The molecule has 2 N–H and O–H groups in total. The molecule has 0 saturated carbocycles. The summed E-state index contributed by atoms with van der Waals surface area (Å²) in [5, 5.41) is 0. The Morgan fingerprint density at radius 1 is 1.50 bits per heavy atom. The lowest BCUT2D eigenvalue weighted by molar-refractivity contribution is -0.148. The van der Waals surface area contributed by atoms with E-state index >= 15 is 0 Å². The molecule has 5 nitrogen and oxygen atoms in total. The molecule has 0 aromatic rings. The highest BCUT2D eigenvalue weighted by Crippen LogP contribution is 2.21. The predicted octanol–water partition coefficient (Wildman–Crippen LogP) is -0.0972. The second kappa shape index (κ2) is 5.99. The number of carbonyl (C=O) groups is 1. The number of morpholine rings is 1. The van der Waals surface area contributed by atoms with Gasteiger partial charge in [0.2, 0.25) is 5.91 Å². The molecule has 2 aliphatic rings. The minimum Gasteiger partial charge on any atom is -0.369 e. The normalized spacial score (nSPS) is 30.4. The SMILES string of the molecule is CC(C)N1CCC(CN2C(=O)COCC2CN)C1. The Kier molecular flexibility index (Phi) is 4.59. The molecular weight excluding hydrogens is 230 g/mol. The number of nitrogens with two attached hydrogens (primary N) is 1. The molecule has 2 atom stereocenters. The van der Waals surface area contributed by atoms with Crippen LogP contribution in [-0.2, 0) is 9.53 Å². The first-order chi connectivity index (χ1) is 8.61. The lowest BCUT2D eigenvalue weighted by Crippen LogP contribution is -2.54. The Bertz CT molecular complexity index is 296. The second-order valence-electron chi connectivity index (χ2n) is 5.69. The van der Waals surface area contributed by atoms with E-state index in [0.717, 1.165) is 19.6 Å². The average molecular weight is 255 g/mol. The lowest BCUT2D eigenvalue weighted by atomic mass is 10.1. The van der Waals surface area contributed by atoms with Crippen LogP contribution in [0.15, 0.2) is 0 Å². The number of ether oxygens (including phenoxy) is 1. The van der Waals surface area contributed by atoms with Crippen molar-refractivity contribution in [2.24, 2.45) is 11.7 Å². The van der Waals surface area contributed by atoms with Crippen LogP contribution in [0.3, 0.4) is 0 Å². The molecule has 2 saturated heterocycles. The molecule has 2 fully saturated rings. The fourth-order valence-corrected chi connectivity index (χ4v) is 2.86. The molecule has 2 unspecified atom stereocenters. The topological polar surface area (TPSA) is 58.8 Å². The molecule has 18 heavy (non-hydrogen) atoms. The van der Waals surface area contributed by atoms with Gasteiger partial charge in [0.15, 0.2) is 0 Å². The highest BCUT2D eigenvalue weighted by atomic mass is 16.5. The first-order valence-electron chi connectivity index (χ1n) is 6.93. The molecule has 2 rings (SSSR count). The Labute approximate surface area is 109 Å². The minimum atomic E-state index is 0.0688. The summed E-state index contributed by atoms with van der Waals surface area (Å²) >= 11 is 0. The summed E-state index contributed by atoms with van der Waals surface area (Å²) in [5.41, 5.74) is 5.72. The summed E-state index contributed by atoms with van der Waals surface area (Å²) in [6.45, 7) is 8.84. The van der Waals surface area contributed by atoms with E-state index < -0.39 is 0 Å². The first kappa shape index (κ1) is 13.8. The van der Waals surface area contributed by atoms with Gasteiger partial charge in [-0.25, -0.2) is 0 Å². The van der Waals surface area contributed by atoms with Crippen LogP contribution >= 0.6 is 0 Å². The van der Waals surface area contributed by atoms with Crippen LogP contribution in [0.1, 0.15) is 20.3 Å². The van der Waals surface area contributed by atoms with E-state index in [4.69, 9.17) is 10.5 Å². The van der Waals surface area contributed by atoms with Crippen molar-refractivity contribution < 1.29 is 9.53 Å². The Balaban J connectivity index is 1.89. The van der Waals surface area contributed by atoms with Crippen molar-refractivity contribution in [3.8, 4) is 0 Å². The predicted molar refractivity (Wildman–Crippen MR) is 70.2 cm³/mol. The zero-order valence-corrected chi connectivity index (χ0v) is 11.5. The number of amides is 1. The van der Waals surface area contributed by atoms with Crippen LogP contribution in [0.2, 0.25) is 0 Å². The first-order valence-corrected chi connectivity index (χ1v) is 6.93. The van der Waals surface area contributed by atoms with Crippen LogP contribution in [0.25, 0.3) is 0 Å². The van der Waals surface area contributed by atoms with Crippen molar-refractivity contribution in [3.05, 3.63) is 0 Å². The second-order valence-corrected chi connectivity index (χ2v) is 5.69. The van der Waals surface area contributed by atoms with Gasteiger partial charge in [-0.15, -0.1) is 0 Å². The number of nitrogens with zero attached hydrogens (tertiary/aromatic N) is 2. The van der Waals surface area contributed by atoms with Crippen molar-refractivity contribution >= 4 is 5.91 Å². The molecule has 0 radical (unpaired) electrons.